The fraction of sp³-hybridized carbons (Fsp3) is 0. The number of para-hydroxylation sites is 1. The zero-order chi connectivity index (χ0) is 14.1. The van der Waals surface area contributed by atoms with Crippen molar-refractivity contribution in [2.45, 2.75) is 0 Å². The third-order valence-electron chi connectivity index (χ3n) is 2.70. The van der Waals surface area contributed by atoms with Crippen LogP contribution in [0, 0.1) is 4.77 Å². The summed E-state index contributed by atoms with van der Waals surface area (Å²) < 4.78 is 2.16. The van der Waals surface area contributed by atoms with Crippen LogP contribution in [-0.4, -0.2) is 24.7 Å². The van der Waals surface area contributed by atoms with Crippen LogP contribution in [0.15, 0.2) is 36.7 Å². The molecule has 0 spiro atoms. The van der Waals surface area contributed by atoms with E-state index in [0.29, 0.717) is 21.2 Å². The Hall–Kier alpha value is -2.25. The second-order valence-electron chi connectivity index (χ2n) is 3.97. The predicted molar refractivity (Wildman–Crippen MR) is 79.2 cm³/mol. The molecule has 8 heteroatoms. The molecule has 6 nitrogen and oxygen atoms in total. The van der Waals surface area contributed by atoms with Crippen LogP contribution in [0.25, 0.3) is 17.1 Å². The molecule has 0 bridgehead atoms. The maximum atomic E-state index is 6.21. The summed E-state index contributed by atoms with van der Waals surface area (Å²) in [4.78, 5) is 7.91. The summed E-state index contributed by atoms with van der Waals surface area (Å²) >= 11 is 11.5. The maximum absolute atomic E-state index is 6.21. The number of nitrogen functional groups attached to an aromatic ring is 1. The van der Waals surface area contributed by atoms with E-state index in [0.717, 1.165) is 5.69 Å². The van der Waals surface area contributed by atoms with Gasteiger partial charge in [-0.05, 0) is 24.4 Å². The monoisotopic (exact) mass is 304 g/mol. The van der Waals surface area contributed by atoms with Gasteiger partial charge in [0.1, 0.15) is 0 Å². The quantitative estimate of drug-likeness (QED) is 0.711. The molecule has 20 heavy (non-hydrogen) atoms. The van der Waals surface area contributed by atoms with E-state index in [9.17, 15) is 0 Å². The zero-order valence-corrected chi connectivity index (χ0v) is 11.7. The second-order valence-corrected chi connectivity index (χ2v) is 4.76. The molecule has 2 heterocycles. The molecule has 0 unspecified atom stereocenters. The lowest BCUT2D eigenvalue weighted by Gasteiger charge is -2.08. The van der Waals surface area contributed by atoms with Crippen molar-refractivity contribution in [1.82, 2.24) is 24.7 Å². The summed E-state index contributed by atoms with van der Waals surface area (Å²) in [5.74, 6) is 0.773. The Kier molecular flexibility index (Phi) is 3.21. The van der Waals surface area contributed by atoms with Crippen LogP contribution in [0.4, 0.5) is 5.95 Å². The molecule has 3 rings (SSSR count). The SMILES string of the molecule is Nc1ncc(-c2n[nH]c(=S)n2-c2ccccc2Cl)cn1. The van der Waals surface area contributed by atoms with E-state index in [-0.39, 0.29) is 5.95 Å². The minimum atomic E-state index is 0.201. The average molecular weight is 305 g/mol. The van der Waals surface area contributed by atoms with Gasteiger partial charge in [0.05, 0.1) is 16.3 Å². The van der Waals surface area contributed by atoms with Crippen LogP contribution in [0.2, 0.25) is 5.02 Å². The lowest BCUT2D eigenvalue weighted by Crippen LogP contribution is -2.00. The lowest BCUT2D eigenvalue weighted by atomic mass is 10.3. The highest BCUT2D eigenvalue weighted by Crippen LogP contribution is 2.25. The molecule has 3 aromatic rings. The first kappa shape index (κ1) is 12.8. The van der Waals surface area contributed by atoms with Crippen LogP contribution >= 0.6 is 23.8 Å². The van der Waals surface area contributed by atoms with Crippen LogP contribution in [0.3, 0.4) is 0 Å². The van der Waals surface area contributed by atoms with Gasteiger partial charge >= 0.3 is 0 Å². The molecule has 0 fully saturated rings. The van der Waals surface area contributed by atoms with Gasteiger partial charge in [0, 0.05) is 12.4 Å². The van der Waals surface area contributed by atoms with Crippen molar-refractivity contribution in [3.05, 3.63) is 46.5 Å². The van der Waals surface area contributed by atoms with E-state index in [4.69, 9.17) is 29.6 Å². The van der Waals surface area contributed by atoms with Crippen molar-refractivity contribution >= 4 is 29.8 Å². The Bertz CT molecular complexity index is 807. The average Bonchev–Trinajstić information content (AvgIpc) is 2.82. The summed E-state index contributed by atoms with van der Waals surface area (Å²) in [6, 6.07) is 7.37. The van der Waals surface area contributed by atoms with Gasteiger partial charge in [-0.15, -0.1) is 0 Å². The van der Waals surface area contributed by atoms with Crippen LogP contribution in [0.5, 0.6) is 0 Å². The molecule has 0 saturated carbocycles. The third kappa shape index (κ3) is 2.17. The highest BCUT2D eigenvalue weighted by atomic mass is 35.5. The summed E-state index contributed by atoms with van der Waals surface area (Å²) in [6.45, 7) is 0. The van der Waals surface area contributed by atoms with Crippen LogP contribution in [-0.2, 0) is 0 Å². The molecule has 0 atom stereocenters. The van der Waals surface area contributed by atoms with Gasteiger partial charge in [-0.3, -0.25) is 9.67 Å². The molecular weight excluding hydrogens is 296 g/mol. The fourth-order valence-corrected chi connectivity index (χ4v) is 2.25. The summed E-state index contributed by atoms with van der Waals surface area (Å²) in [5.41, 5.74) is 6.91. The number of benzene rings is 1. The summed E-state index contributed by atoms with van der Waals surface area (Å²) in [6.07, 6.45) is 3.17. The van der Waals surface area contributed by atoms with Crippen molar-refractivity contribution in [1.29, 1.82) is 0 Å². The van der Waals surface area contributed by atoms with Crippen molar-refractivity contribution in [2.24, 2.45) is 0 Å². The van der Waals surface area contributed by atoms with Gasteiger partial charge in [0.25, 0.3) is 0 Å². The number of halogens is 1. The molecule has 2 aromatic heterocycles. The number of hydrogen-bond acceptors (Lipinski definition) is 5. The van der Waals surface area contributed by atoms with Crippen LogP contribution < -0.4 is 5.73 Å². The number of rotatable bonds is 2. The van der Waals surface area contributed by atoms with Gasteiger partial charge < -0.3 is 5.73 Å². The fourth-order valence-electron chi connectivity index (χ4n) is 1.80. The number of aromatic amines is 1. The Morgan fingerprint density at radius 2 is 1.90 bits per heavy atom. The van der Waals surface area contributed by atoms with Gasteiger partial charge in [0.2, 0.25) is 5.95 Å². The first-order valence-corrected chi connectivity index (χ1v) is 6.45. The first-order chi connectivity index (χ1) is 9.66. The van der Waals surface area contributed by atoms with Crippen molar-refractivity contribution in [2.75, 3.05) is 5.73 Å². The largest absolute Gasteiger partial charge is 0.368 e. The van der Waals surface area contributed by atoms with Crippen molar-refractivity contribution in [3.8, 4) is 17.1 Å². The molecule has 0 aliphatic heterocycles. The number of nitrogens with two attached hydrogens (primary N) is 1. The molecule has 0 aliphatic carbocycles. The number of nitrogens with one attached hydrogen (secondary N) is 1. The smallest absolute Gasteiger partial charge is 0.219 e. The normalized spacial score (nSPS) is 10.7. The van der Waals surface area contributed by atoms with Gasteiger partial charge in [-0.25, -0.2) is 9.97 Å². The number of nitrogens with zero attached hydrogens (tertiary/aromatic N) is 4. The van der Waals surface area contributed by atoms with E-state index < -0.39 is 0 Å². The van der Waals surface area contributed by atoms with Crippen LogP contribution in [0.1, 0.15) is 0 Å². The molecule has 0 amide bonds. The minimum Gasteiger partial charge on any atom is -0.368 e. The second kappa shape index (κ2) is 5.03. The van der Waals surface area contributed by atoms with Gasteiger partial charge in [-0.1, -0.05) is 23.7 Å². The van der Waals surface area contributed by atoms with Crippen molar-refractivity contribution < 1.29 is 0 Å². The van der Waals surface area contributed by atoms with Gasteiger partial charge in [0.15, 0.2) is 10.6 Å². The number of aromatic nitrogens is 5. The molecule has 0 saturated heterocycles. The van der Waals surface area contributed by atoms with E-state index in [1.165, 1.54) is 0 Å². The number of hydrogen-bond donors (Lipinski definition) is 2. The van der Waals surface area contributed by atoms with Crippen molar-refractivity contribution in [3.63, 3.8) is 0 Å². The number of H-pyrrole nitrogens is 1. The Morgan fingerprint density at radius 1 is 1.20 bits per heavy atom. The first-order valence-electron chi connectivity index (χ1n) is 5.67. The lowest BCUT2D eigenvalue weighted by molar-refractivity contribution is 1.03. The van der Waals surface area contributed by atoms with E-state index in [2.05, 4.69) is 20.2 Å². The highest BCUT2D eigenvalue weighted by molar-refractivity contribution is 7.71. The zero-order valence-electron chi connectivity index (χ0n) is 10.1. The molecule has 0 radical (unpaired) electrons. The Balaban J connectivity index is 2.23. The summed E-state index contributed by atoms with van der Waals surface area (Å²) in [5, 5.41) is 7.52. The predicted octanol–water partition coefficient (Wildman–Crippen LogP) is 2.62. The standard InChI is InChI=1S/C12H9ClN6S/c13-8-3-1-2-4-9(8)19-10(17-18-12(19)20)7-5-15-11(14)16-6-7/h1-6H,(H,18,20)(H2,14,15,16). The molecule has 0 aliphatic rings. The third-order valence-corrected chi connectivity index (χ3v) is 3.29. The minimum absolute atomic E-state index is 0.201. The van der Waals surface area contributed by atoms with E-state index in [1.54, 1.807) is 23.0 Å². The topological polar surface area (TPSA) is 85.4 Å². The molecule has 3 N–H and O–H groups in total. The van der Waals surface area contributed by atoms with E-state index in [1.807, 2.05) is 18.2 Å². The maximum Gasteiger partial charge on any atom is 0.219 e. The Labute approximate surface area is 124 Å². The molecule has 100 valence electrons. The Morgan fingerprint density at radius 3 is 2.60 bits per heavy atom. The number of anilines is 1. The highest BCUT2D eigenvalue weighted by Gasteiger charge is 2.13. The van der Waals surface area contributed by atoms with E-state index >= 15 is 0 Å². The molecular formula is C12H9ClN6S. The summed E-state index contributed by atoms with van der Waals surface area (Å²) in [7, 11) is 0. The van der Waals surface area contributed by atoms with Gasteiger partial charge in [-0.2, -0.15) is 5.10 Å². The molecule has 1 aromatic carbocycles.